The second kappa shape index (κ2) is 6.12. The highest BCUT2D eigenvalue weighted by Crippen LogP contribution is 2.33. The van der Waals surface area contributed by atoms with Crippen LogP contribution in [0.1, 0.15) is 15.9 Å². The van der Waals surface area contributed by atoms with Gasteiger partial charge in [-0.1, -0.05) is 6.07 Å². The molecule has 0 spiro atoms. The fourth-order valence-corrected chi connectivity index (χ4v) is 3.39. The zero-order chi connectivity index (χ0) is 19.3. The molecule has 136 valence electrons. The van der Waals surface area contributed by atoms with Crippen molar-refractivity contribution in [2.75, 3.05) is 0 Å². The fraction of sp³-hybridized carbons (Fsp3) is 0.0500. The van der Waals surface area contributed by atoms with E-state index < -0.39 is 29.2 Å². The summed E-state index contributed by atoms with van der Waals surface area (Å²) in [5.41, 5.74) is 6.24. The molecule has 7 heteroatoms. The van der Waals surface area contributed by atoms with Crippen LogP contribution < -0.4 is 5.73 Å². The van der Waals surface area contributed by atoms with Gasteiger partial charge in [-0.05, 0) is 36.4 Å². The highest BCUT2D eigenvalue weighted by atomic mass is 19.2. The Morgan fingerprint density at radius 2 is 1.70 bits per heavy atom. The summed E-state index contributed by atoms with van der Waals surface area (Å²) in [6.45, 7) is -0.258. The summed E-state index contributed by atoms with van der Waals surface area (Å²) in [7, 11) is 0. The van der Waals surface area contributed by atoms with Crippen molar-refractivity contribution in [1.29, 1.82) is 0 Å². The molecule has 27 heavy (non-hydrogen) atoms. The zero-order valence-electron chi connectivity index (χ0n) is 13.8. The van der Waals surface area contributed by atoms with Gasteiger partial charge in [0.15, 0.2) is 11.6 Å². The normalized spacial score (nSPS) is 11.4. The van der Waals surface area contributed by atoms with Gasteiger partial charge in [-0.3, -0.25) is 4.79 Å². The Hall–Kier alpha value is -3.35. The van der Waals surface area contributed by atoms with Gasteiger partial charge in [0.05, 0.1) is 17.6 Å². The summed E-state index contributed by atoms with van der Waals surface area (Å²) in [4.78, 5) is 11.8. The maximum Gasteiger partial charge on any atom is 0.249 e. The Morgan fingerprint density at radius 3 is 2.44 bits per heavy atom. The highest BCUT2D eigenvalue weighted by Gasteiger charge is 2.19. The molecule has 1 aromatic heterocycles. The number of hydrogen-bond acceptors (Lipinski definition) is 1. The summed E-state index contributed by atoms with van der Waals surface area (Å²) in [5.74, 6) is -4.64. The van der Waals surface area contributed by atoms with Gasteiger partial charge in [-0.2, -0.15) is 0 Å². The van der Waals surface area contributed by atoms with Crippen LogP contribution in [0, 0.1) is 23.3 Å². The molecule has 3 nitrogen and oxygen atoms in total. The molecular formula is C20H12F4N2O. The minimum absolute atomic E-state index is 0.216. The number of halogens is 4. The maximum atomic E-state index is 14.2. The number of rotatable bonds is 3. The molecular weight excluding hydrogens is 360 g/mol. The van der Waals surface area contributed by atoms with Gasteiger partial charge in [-0.15, -0.1) is 0 Å². The van der Waals surface area contributed by atoms with Crippen molar-refractivity contribution in [3.8, 4) is 0 Å². The van der Waals surface area contributed by atoms with Crippen LogP contribution in [0.15, 0.2) is 48.5 Å². The van der Waals surface area contributed by atoms with E-state index in [-0.39, 0.29) is 17.7 Å². The van der Waals surface area contributed by atoms with E-state index in [2.05, 4.69) is 0 Å². The molecule has 0 aliphatic carbocycles. The van der Waals surface area contributed by atoms with E-state index in [1.807, 2.05) is 0 Å². The minimum Gasteiger partial charge on any atom is -0.366 e. The van der Waals surface area contributed by atoms with Crippen LogP contribution in [0.5, 0.6) is 0 Å². The molecule has 4 rings (SSSR count). The molecule has 0 unspecified atom stereocenters. The van der Waals surface area contributed by atoms with Crippen molar-refractivity contribution in [2.24, 2.45) is 5.73 Å². The molecule has 0 radical (unpaired) electrons. The number of nitrogens with two attached hydrogens (primary N) is 1. The minimum atomic E-state index is -1.31. The summed E-state index contributed by atoms with van der Waals surface area (Å²) in [6.07, 6.45) is 0. The van der Waals surface area contributed by atoms with E-state index in [4.69, 9.17) is 5.73 Å². The van der Waals surface area contributed by atoms with E-state index in [1.54, 1.807) is 12.1 Å². The van der Waals surface area contributed by atoms with Gasteiger partial charge in [0.1, 0.15) is 11.6 Å². The summed E-state index contributed by atoms with van der Waals surface area (Å²) >= 11 is 0. The van der Waals surface area contributed by atoms with Crippen LogP contribution in [0.25, 0.3) is 21.8 Å². The van der Waals surface area contributed by atoms with E-state index in [0.717, 1.165) is 6.07 Å². The number of carbonyl (C=O) groups excluding carboxylic acids is 1. The largest absolute Gasteiger partial charge is 0.366 e. The van der Waals surface area contributed by atoms with Gasteiger partial charge in [0, 0.05) is 28.0 Å². The van der Waals surface area contributed by atoms with Crippen LogP contribution in [-0.4, -0.2) is 10.5 Å². The lowest BCUT2D eigenvalue weighted by Crippen LogP contribution is -2.11. The monoisotopic (exact) mass is 372 g/mol. The summed E-state index contributed by atoms with van der Waals surface area (Å²) < 4.78 is 56.7. The van der Waals surface area contributed by atoms with Crippen molar-refractivity contribution in [3.63, 3.8) is 0 Å². The Morgan fingerprint density at radius 1 is 0.926 bits per heavy atom. The van der Waals surface area contributed by atoms with Gasteiger partial charge < -0.3 is 10.3 Å². The Kier molecular flexibility index (Phi) is 3.87. The third-order valence-electron chi connectivity index (χ3n) is 4.52. The first-order valence-corrected chi connectivity index (χ1v) is 8.00. The van der Waals surface area contributed by atoms with Gasteiger partial charge in [0.25, 0.3) is 0 Å². The lowest BCUT2D eigenvalue weighted by Gasteiger charge is -2.10. The Balaban J connectivity index is 2.06. The molecule has 0 fully saturated rings. The number of carbonyl (C=O) groups is 1. The van der Waals surface area contributed by atoms with Gasteiger partial charge in [0.2, 0.25) is 5.91 Å². The quantitative estimate of drug-likeness (QED) is 0.418. The SMILES string of the molecule is NC(=O)c1cccc2c1c1ccc(F)cc1n2Cc1cc(F)cc(F)c1F. The third kappa shape index (κ3) is 2.71. The Labute approximate surface area is 150 Å². The topological polar surface area (TPSA) is 48.0 Å². The van der Waals surface area contributed by atoms with E-state index >= 15 is 0 Å². The molecule has 1 heterocycles. The van der Waals surface area contributed by atoms with Crippen molar-refractivity contribution in [2.45, 2.75) is 6.54 Å². The zero-order valence-corrected chi connectivity index (χ0v) is 13.8. The smallest absolute Gasteiger partial charge is 0.249 e. The van der Waals surface area contributed by atoms with E-state index in [9.17, 15) is 22.4 Å². The lowest BCUT2D eigenvalue weighted by atomic mass is 10.1. The van der Waals surface area contributed by atoms with Crippen molar-refractivity contribution in [3.05, 3.63) is 82.9 Å². The number of amides is 1. The second-order valence-corrected chi connectivity index (χ2v) is 6.17. The first-order valence-electron chi connectivity index (χ1n) is 8.00. The van der Waals surface area contributed by atoms with Gasteiger partial charge >= 0.3 is 0 Å². The van der Waals surface area contributed by atoms with Gasteiger partial charge in [-0.25, -0.2) is 17.6 Å². The first kappa shape index (κ1) is 17.1. The van der Waals surface area contributed by atoms with Crippen LogP contribution in [0.3, 0.4) is 0 Å². The fourth-order valence-electron chi connectivity index (χ4n) is 3.39. The van der Waals surface area contributed by atoms with Crippen LogP contribution in [0.4, 0.5) is 17.6 Å². The van der Waals surface area contributed by atoms with Crippen LogP contribution >= 0.6 is 0 Å². The molecule has 2 N–H and O–H groups in total. The molecule has 0 bridgehead atoms. The van der Waals surface area contributed by atoms with E-state index in [0.29, 0.717) is 27.9 Å². The molecule has 1 amide bonds. The van der Waals surface area contributed by atoms with Crippen LogP contribution in [-0.2, 0) is 6.54 Å². The second-order valence-electron chi connectivity index (χ2n) is 6.17. The molecule has 0 saturated heterocycles. The number of hydrogen-bond donors (Lipinski definition) is 1. The van der Waals surface area contributed by atoms with Crippen molar-refractivity contribution < 1.29 is 22.4 Å². The number of primary amides is 1. The predicted molar refractivity (Wildman–Crippen MR) is 93.3 cm³/mol. The molecule has 0 aliphatic rings. The van der Waals surface area contributed by atoms with Crippen LogP contribution in [0.2, 0.25) is 0 Å². The number of aromatic nitrogens is 1. The Bertz CT molecular complexity index is 1230. The number of nitrogens with zero attached hydrogens (tertiary/aromatic N) is 1. The number of fused-ring (bicyclic) bond motifs is 3. The molecule has 3 aromatic carbocycles. The predicted octanol–water partition coefficient (Wildman–Crippen LogP) is 4.50. The van der Waals surface area contributed by atoms with E-state index in [1.165, 1.54) is 28.8 Å². The molecule has 4 aromatic rings. The third-order valence-corrected chi connectivity index (χ3v) is 4.52. The maximum absolute atomic E-state index is 14.2. The number of benzene rings is 3. The standard InChI is InChI=1S/C20H12F4N2O/c21-11-4-5-13-17(8-11)26(9-10-6-12(22)7-15(23)19(10)24)16-3-1-2-14(18(13)16)20(25)27/h1-8H,9H2,(H2,25,27). The summed E-state index contributed by atoms with van der Waals surface area (Å²) in [5, 5.41) is 0.996. The molecule has 0 saturated carbocycles. The first-order chi connectivity index (χ1) is 12.9. The highest BCUT2D eigenvalue weighted by molar-refractivity contribution is 6.17. The average Bonchev–Trinajstić information content (AvgIpc) is 2.92. The van der Waals surface area contributed by atoms with Crippen molar-refractivity contribution in [1.82, 2.24) is 4.57 Å². The molecule has 0 atom stereocenters. The molecule has 0 aliphatic heterocycles. The lowest BCUT2D eigenvalue weighted by molar-refractivity contribution is 0.100. The average molecular weight is 372 g/mol. The summed E-state index contributed by atoms with van der Waals surface area (Å²) in [6, 6.07) is 10.0. The van der Waals surface area contributed by atoms with Crippen molar-refractivity contribution >= 4 is 27.7 Å².